The number of halogens is 1. The van der Waals surface area contributed by atoms with E-state index in [0.29, 0.717) is 0 Å². The molecular formula is C16H22BrN3. The molecule has 20 heavy (non-hydrogen) atoms. The highest BCUT2D eigenvalue weighted by atomic mass is 79.9. The molecule has 3 nitrogen and oxygen atoms in total. The van der Waals surface area contributed by atoms with Gasteiger partial charge >= 0.3 is 0 Å². The van der Waals surface area contributed by atoms with Crippen LogP contribution in [0, 0.1) is 0 Å². The minimum Gasteiger partial charge on any atom is -0.305 e. The van der Waals surface area contributed by atoms with Crippen LogP contribution in [-0.4, -0.2) is 16.3 Å². The van der Waals surface area contributed by atoms with Gasteiger partial charge in [-0.2, -0.15) is 5.10 Å². The summed E-state index contributed by atoms with van der Waals surface area (Å²) in [6, 6.07) is 10.7. The summed E-state index contributed by atoms with van der Waals surface area (Å²) in [5.41, 5.74) is 2.49. The Morgan fingerprint density at radius 3 is 2.60 bits per heavy atom. The van der Waals surface area contributed by atoms with Crippen LogP contribution in [0.15, 0.2) is 41.0 Å². The second-order valence-electron chi connectivity index (χ2n) is 4.90. The van der Waals surface area contributed by atoms with E-state index in [4.69, 9.17) is 0 Å². The third kappa shape index (κ3) is 3.49. The second kappa shape index (κ2) is 7.60. The van der Waals surface area contributed by atoms with Gasteiger partial charge in [0.05, 0.1) is 22.4 Å². The molecule has 2 rings (SSSR count). The van der Waals surface area contributed by atoms with Crippen molar-refractivity contribution in [3.05, 3.63) is 52.3 Å². The van der Waals surface area contributed by atoms with E-state index < -0.39 is 0 Å². The number of aryl methyl sites for hydroxylation is 1. The molecule has 1 heterocycles. The molecule has 0 aliphatic heterocycles. The van der Waals surface area contributed by atoms with Gasteiger partial charge in [-0.25, -0.2) is 0 Å². The van der Waals surface area contributed by atoms with Crippen LogP contribution >= 0.6 is 15.9 Å². The summed E-state index contributed by atoms with van der Waals surface area (Å²) in [6.45, 7) is 6.30. The van der Waals surface area contributed by atoms with Gasteiger partial charge in [0.15, 0.2) is 0 Å². The van der Waals surface area contributed by atoms with Crippen LogP contribution < -0.4 is 5.32 Å². The first kappa shape index (κ1) is 15.3. The van der Waals surface area contributed by atoms with Gasteiger partial charge in [0.1, 0.15) is 0 Å². The lowest BCUT2D eigenvalue weighted by Gasteiger charge is -2.21. The Morgan fingerprint density at radius 2 is 1.95 bits per heavy atom. The Kier molecular flexibility index (Phi) is 5.80. The van der Waals surface area contributed by atoms with Gasteiger partial charge in [-0.15, -0.1) is 0 Å². The molecule has 0 aliphatic rings. The predicted molar refractivity (Wildman–Crippen MR) is 86.8 cm³/mol. The zero-order chi connectivity index (χ0) is 14.4. The van der Waals surface area contributed by atoms with Gasteiger partial charge in [0.25, 0.3) is 0 Å². The van der Waals surface area contributed by atoms with Crippen molar-refractivity contribution in [2.75, 3.05) is 6.54 Å². The Hall–Kier alpha value is -1.13. The highest BCUT2D eigenvalue weighted by Crippen LogP contribution is 2.28. The first-order chi connectivity index (χ1) is 9.77. The van der Waals surface area contributed by atoms with E-state index in [-0.39, 0.29) is 6.04 Å². The predicted octanol–water partition coefficient (Wildman–Crippen LogP) is 4.14. The molecule has 1 N–H and O–H groups in total. The monoisotopic (exact) mass is 335 g/mol. The number of benzene rings is 1. The maximum absolute atomic E-state index is 4.49. The third-order valence-electron chi connectivity index (χ3n) is 3.27. The summed E-state index contributed by atoms with van der Waals surface area (Å²) in [6.07, 6.45) is 4.09. The highest BCUT2D eigenvalue weighted by Gasteiger charge is 2.20. The van der Waals surface area contributed by atoms with Gasteiger partial charge in [0, 0.05) is 6.54 Å². The molecule has 0 radical (unpaired) electrons. The van der Waals surface area contributed by atoms with Crippen LogP contribution in [-0.2, 0) is 6.54 Å². The largest absolute Gasteiger partial charge is 0.305 e. The van der Waals surface area contributed by atoms with Gasteiger partial charge in [-0.05, 0) is 40.9 Å². The number of hydrogen-bond acceptors (Lipinski definition) is 2. The van der Waals surface area contributed by atoms with Crippen molar-refractivity contribution < 1.29 is 0 Å². The molecular weight excluding hydrogens is 314 g/mol. The lowest BCUT2D eigenvalue weighted by Crippen LogP contribution is -2.26. The van der Waals surface area contributed by atoms with Crippen molar-refractivity contribution in [3.63, 3.8) is 0 Å². The zero-order valence-electron chi connectivity index (χ0n) is 12.1. The van der Waals surface area contributed by atoms with E-state index in [2.05, 4.69) is 75.2 Å². The Morgan fingerprint density at radius 1 is 1.20 bits per heavy atom. The van der Waals surface area contributed by atoms with Crippen LogP contribution in [0.4, 0.5) is 0 Å². The quantitative estimate of drug-likeness (QED) is 0.823. The fourth-order valence-corrected chi connectivity index (χ4v) is 2.88. The minimum absolute atomic E-state index is 0.180. The van der Waals surface area contributed by atoms with E-state index in [9.17, 15) is 0 Å². The zero-order valence-corrected chi connectivity index (χ0v) is 13.7. The van der Waals surface area contributed by atoms with Gasteiger partial charge in [0.2, 0.25) is 0 Å². The van der Waals surface area contributed by atoms with E-state index >= 15 is 0 Å². The van der Waals surface area contributed by atoms with E-state index in [1.807, 2.05) is 6.20 Å². The lowest BCUT2D eigenvalue weighted by atomic mass is 10.0. The van der Waals surface area contributed by atoms with Crippen molar-refractivity contribution in [2.24, 2.45) is 0 Å². The molecule has 1 aromatic carbocycles. The number of nitrogens with one attached hydrogen (secondary N) is 1. The first-order valence-corrected chi connectivity index (χ1v) is 8.06. The Balaban J connectivity index is 2.38. The molecule has 2 aromatic rings. The second-order valence-corrected chi connectivity index (χ2v) is 5.75. The topological polar surface area (TPSA) is 29.9 Å². The molecule has 0 bridgehead atoms. The molecule has 0 amide bonds. The van der Waals surface area contributed by atoms with Crippen LogP contribution in [0.5, 0.6) is 0 Å². The maximum atomic E-state index is 4.49. The average molecular weight is 336 g/mol. The minimum atomic E-state index is 0.180. The summed E-state index contributed by atoms with van der Waals surface area (Å²) in [4.78, 5) is 0. The van der Waals surface area contributed by atoms with Crippen LogP contribution in [0.3, 0.4) is 0 Å². The number of rotatable bonds is 7. The van der Waals surface area contributed by atoms with E-state index in [0.717, 1.165) is 30.4 Å². The molecule has 0 spiro atoms. The maximum Gasteiger partial charge on any atom is 0.0759 e. The SMILES string of the molecule is CCCNC(c1ccccc1)c1c(Br)cnn1CCC. The summed E-state index contributed by atoms with van der Waals surface area (Å²) < 4.78 is 3.17. The van der Waals surface area contributed by atoms with Crippen molar-refractivity contribution in [1.29, 1.82) is 0 Å². The van der Waals surface area contributed by atoms with Crippen molar-refractivity contribution in [3.8, 4) is 0 Å². The summed E-state index contributed by atoms with van der Waals surface area (Å²) >= 11 is 3.65. The number of hydrogen-bond donors (Lipinski definition) is 1. The molecule has 0 fully saturated rings. The smallest absolute Gasteiger partial charge is 0.0759 e. The average Bonchev–Trinajstić information content (AvgIpc) is 2.83. The van der Waals surface area contributed by atoms with Crippen LogP contribution in [0.1, 0.15) is 44.0 Å². The Labute approximate surface area is 129 Å². The molecule has 0 aliphatic carbocycles. The Bertz CT molecular complexity index is 522. The molecule has 1 atom stereocenters. The molecule has 0 saturated heterocycles. The normalized spacial score (nSPS) is 12.6. The summed E-state index contributed by atoms with van der Waals surface area (Å²) in [5.74, 6) is 0. The molecule has 1 unspecified atom stereocenters. The van der Waals surface area contributed by atoms with Crippen LogP contribution in [0.2, 0.25) is 0 Å². The fourth-order valence-electron chi connectivity index (χ4n) is 2.36. The van der Waals surface area contributed by atoms with Crippen molar-refractivity contribution >= 4 is 15.9 Å². The standard InChI is InChI=1S/C16H22BrN3/c1-3-10-18-15(13-8-6-5-7-9-13)16-14(17)12-19-20(16)11-4-2/h5-9,12,15,18H,3-4,10-11H2,1-2H3. The van der Waals surface area contributed by atoms with E-state index in [1.165, 1.54) is 11.3 Å². The lowest BCUT2D eigenvalue weighted by molar-refractivity contribution is 0.510. The molecule has 4 heteroatoms. The first-order valence-electron chi connectivity index (χ1n) is 7.27. The van der Waals surface area contributed by atoms with E-state index in [1.54, 1.807) is 0 Å². The third-order valence-corrected chi connectivity index (χ3v) is 3.88. The van der Waals surface area contributed by atoms with Crippen LogP contribution in [0.25, 0.3) is 0 Å². The fraction of sp³-hybridized carbons (Fsp3) is 0.438. The van der Waals surface area contributed by atoms with Gasteiger partial charge in [-0.1, -0.05) is 44.2 Å². The highest BCUT2D eigenvalue weighted by molar-refractivity contribution is 9.10. The molecule has 108 valence electrons. The van der Waals surface area contributed by atoms with Gasteiger partial charge < -0.3 is 5.32 Å². The van der Waals surface area contributed by atoms with Gasteiger partial charge in [-0.3, -0.25) is 4.68 Å². The number of aromatic nitrogens is 2. The van der Waals surface area contributed by atoms with Crippen molar-refractivity contribution in [2.45, 2.75) is 39.3 Å². The molecule has 0 saturated carbocycles. The molecule has 1 aromatic heterocycles. The van der Waals surface area contributed by atoms with Crippen molar-refractivity contribution in [1.82, 2.24) is 15.1 Å². The summed E-state index contributed by atoms with van der Waals surface area (Å²) in [7, 11) is 0. The summed E-state index contributed by atoms with van der Waals surface area (Å²) in [5, 5.41) is 8.13. The number of nitrogens with zero attached hydrogens (tertiary/aromatic N) is 2.